The zero-order valence-corrected chi connectivity index (χ0v) is 47.6. The Labute approximate surface area is 438 Å². The van der Waals surface area contributed by atoms with Crippen molar-refractivity contribution in [3.8, 4) is 0 Å². The number of esters is 2. The van der Waals surface area contributed by atoms with E-state index in [-0.39, 0.29) is 50.9 Å². The molecule has 0 aliphatic rings. The first-order valence-corrected chi connectivity index (χ1v) is 30.2. The van der Waals surface area contributed by atoms with E-state index in [9.17, 15) is 34.9 Å². The molecule has 0 aromatic heterocycles. The maximum absolute atomic E-state index is 12.5. The Morgan fingerprint density at radius 2 is 0.775 bits per heavy atom. The van der Waals surface area contributed by atoms with E-state index in [1.54, 1.807) is 0 Å². The molecule has 71 heavy (non-hydrogen) atoms. The van der Waals surface area contributed by atoms with Crippen LogP contribution in [-0.4, -0.2) is 125 Å². The molecule has 0 rings (SSSR count). The van der Waals surface area contributed by atoms with Gasteiger partial charge in [0.15, 0.2) is 0 Å². The van der Waals surface area contributed by atoms with Crippen LogP contribution in [0.25, 0.3) is 0 Å². The summed E-state index contributed by atoms with van der Waals surface area (Å²) < 4.78 is 10.7. The first-order valence-electron chi connectivity index (χ1n) is 30.2. The highest BCUT2D eigenvalue weighted by Crippen LogP contribution is 2.18. The van der Waals surface area contributed by atoms with E-state index in [0.29, 0.717) is 39.0 Å². The third kappa shape index (κ3) is 52.9. The molecule has 0 aromatic rings. The van der Waals surface area contributed by atoms with Gasteiger partial charge in [-0.3, -0.25) is 19.4 Å². The lowest BCUT2D eigenvalue weighted by Gasteiger charge is -2.27. The van der Waals surface area contributed by atoms with Crippen LogP contribution in [0.15, 0.2) is 5.18 Å². The molecule has 0 aliphatic heterocycles. The highest BCUT2D eigenvalue weighted by Gasteiger charge is 2.29. The van der Waals surface area contributed by atoms with Gasteiger partial charge in [0.2, 0.25) is 0 Å². The molecule has 0 aromatic carbocycles. The predicted octanol–water partition coefficient (Wildman–Crippen LogP) is 14.2. The van der Waals surface area contributed by atoms with Crippen LogP contribution >= 0.6 is 0 Å². The van der Waals surface area contributed by atoms with Gasteiger partial charge in [-0.05, 0) is 65.0 Å². The molecular weight excluding hydrogens is 895 g/mol. The second-order valence-electron chi connectivity index (χ2n) is 21.4. The van der Waals surface area contributed by atoms with Crippen LogP contribution in [0.5, 0.6) is 0 Å². The number of unbranched alkanes of at least 4 members (excludes halogenated alkanes) is 27. The molecule has 4 atom stereocenters. The average Bonchev–Trinajstić information content (AvgIpc) is 3.33. The highest BCUT2D eigenvalue weighted by molar-refractivity contribution is 5.74. The van der Waals surface area contributed by atoms with Crippen molar-refractivity contribution < 1.29 is 39.5 Å². The number of rotatable bonds is 54. The van der Waals surface area contributed by atoms with Crippen LogP contribution in [0.2, 0.25) is 0 Å². The Bertz CT molecular complexity index is 1100. The molecule has 0 aliphatic carbocycles. The number of ether oxygens (including phenoxy) is 2. The number of aliphatic hydroxyl groups excluding tert-OH is 3. The van der Waals surface area contributed by atoms with Crippen molar-refractivity contribution >= 4 is 11.9 Å². The van der Waals surface area contributed by atoms with E-state index in [4.69, 9.17) is 9.47 Å². The quantitative estimate of drug-likeness (QED) is 0.0260. The largest absolute Gasteiger partial charge is 0.466 e. The van der Waals surface area contributed by atoms with E-state index in [2.05, 4.69) is 49.6 Å². The lowest BCUT2D eigenvalue weighted by Crippen LogP contribution is -2.38. The van der Waals surface area contributed by atoms with Crippen molar-refractivity contribution in [3.05, 3.63) is 4.91 Å². The van der Waals surface area contributed by atoms with Gasteiger partial charge in [0.1, 0.15) is 6.04 Å². The highest BCUT2D eigenvalue weighted by atomic mass is 16.5. The maximum Gasteiger partial charge on any atom is 0.308 e. The molecule has 0 spiro atoms. The smallest absolute Gasteiger partial charge is 0.308 e. The van der Waals surface area contributed by atoms with Crippen molar-refractivity contribution in [1.29, 1.82) is 0 Å². The fraction of sp³-hybridized carbons (Fsp3) is 0.966. The van der Waals surface area contributed by atoms with Gasteiger partial charge >= 0.3 is 11.9 Å². The zero-order valence-electron chi connectivity index (χ0n) is 47.6. The molecule has 4 N–H and O–H groups in total. The molecule has 0 heterocycles. The second kappa shape index (κ2) is 54.6. The van der Waals surface area contributed by atoms with Crippen LogP contribution in [0, 0.1) is 4.91 Å². The third-order valence-corrected chi connectivity index (χ3v) is 13.7. The fourth-order valence-electron chi connectivity index (χ4n) is 9.20. The Balaban J connectivity index is 0. The van der Waals surface area contributed by atoms with Crippen molar-refractivity contribution in [1.82, 2.24) is 9.80 Å². The summed E-state index contributed by atoms with van der Waals surface area (Å²) in [7, 11) is 0. The topological polar surface area (TPSA) is 169 Å². The molecule has 12 heteroatoms. The minimum Gasteiger partial charge on any atom is -0.466 e. The summed E-state index contributed by atoms with van der Waals surface area (Å²) in [5.41, 5.74) is -1.56. The SMILES string of the molecule is CCCCCCCCC.CCCCCCCCC(O)CN(CCCCCCOC(=O)CC(C)(O)CC(=O)OCCCCCCN(CCO)CC(CCCCCCCC)N=O)CC(O)CCCCCCCC. The summed E-state index contributed by atoms with van der Waals surface area (Å²) in [6.45, 7) is 17.0. The van der Waals surface area contributed by atoms with Gasteiger partial charge in [-0.1, -0.05) is 226 Å². The van der Waals surface area contributed by atoms with Crippen molar-refractivity contribution in [3.63, 3.8) is 0 Å². The van der Waals surface area contributed by atoms with Crippen LogP contribution in [0.4, 0.5) is 0 Å². The summed E-state index contributed by atoms with van der Waals surface area (Å²) in [5.74, 6) is -1.09. The monoisotopic (exact) mass is 1010 g/mol. The van der Waals surface area contributed by atoms with Crippen molar-refractivity contribution in [2.24, 2.45) is 5.18 Å². The van der Waals surface area contributed by atoms with E-state index >= 15 is 0 Å². The Hall–Kier alpha value is -1.70. The molecule has 4 unspecified atom stereocenters. The molecule has 0 saturated carbocycles. The van der Waals surface area contributed by atoms with Gasteiger partial charge in [0.05, 0.1) is 50.5 Å². The number of nitrogens with zero attached hydrogens (tertiary/aromatic N) is 3. The van der Waals surface area contributed by atoms with Crippen molar-refractivity contribution in [2.75, 3.05) is 59.1 Å². The van der Waals surface area contributed by atoms with E-state index in [1.807, 2.05) is 0 Å². The first-order chi connectivity index (χ1) is 34.4. The molecule has 0 bridgehead atoms. The van der Waals surface area contributed by atoms with Gasteiger partial charge < -0.3 is 29.9 Å². The number of aliphatic hydroxyl groups is 4. The number of carbonyl (C=O) groups is 2. The van der Waals surface area contributed by atoms with Gasteiger partial charge in [0.25, 0.3) is 0 Å². The molecule has 424 valence electrons. The molecule has 0 radical (unpaired) electrons. The summed E-state index contributed by atoms with van der Waals surface area (Å²) in [4.78, 5) is 40.7. The Kier molecular flexibility index (Phi) is 54.8. The van der Waals surface area contributed by atoms with E-state index in [0.717, 1.165) is 109 Å². The van der Waals surface area contributed by atoms with Gasteiger partial charge in [-0.15, -0.1) is 0 Å². The first kappa shape index (κ1) is 71.4. The van der Waals surface area contributed by atoms with Gasteiger partial charge in [0, 0.05) is 26.2 Å². The Morgan fingerprint density at radius 1 is 0.451 bits per heavy atom. The Morgan fingerprint density at radius 3 is 1.14 bits per heavy atom. The number of hydrogen-bond acceptors (Lipinski definition) is 12. The van der Waals surface area contributed by atoms with Gasteiger partial charge in [-0.25, -0.2) is 0 Å². The maximum atomic E-state index is 12.5. The summed E-state index contributed by atoms with van der Waals surface area (Å²) in [6, 6.07) is -0.248. The normalized spacial score (nSPS) is 13.7. The van der Waals surface area contributed by atoms with E-state index in [1.165, 1.54) is 129 Å². The third-order valence-electron chi connectivity index (χ3n) is 13.7. The zero-order chi connectivity index (χ0) is 52.9. The number of hydrogen-bond donors (Lipinski definition) is 4. The van der Waals surface area contributed by atoms with Crippen molar-refractivity contribution in [2.45, 2.75) is 309 Å². The standard InChI is InChI=1S/C50H99N3O9.C9H20/c1-5-8-11-14-17-24-31-45(51-60)42-52(36-37-54)34-27-20-22-29-38-61-48(57)40-50(4,59)41-49(58)62-39-30-23-21-28-35-53(43-46(55)32-25-18-15-12-9-6-2)44-47(56)33-26-19-16-13-10-7-3;1-3-5-7-9-8-6-4-2/h45-47,54-56,59H,5-44H2,1-4H3;3-9H2,1-2H3. The fourth-order valence-corrected chi connectivity index (χ4v) is 9.20. The molecule has 12 nitrogen and oxygen atoms in total. The molecule has 0 amide bonds. The summed E-state index contributed by atoms with van der Waals surface area (Å²) in [5, 5.41) is 45.2. The molecule has 0 fully saturated rings. The predicted molar refractivity (Wildman–Crippen MR) is 298 cm³/mol. The number of carbonyl (C=O) groups excluding carboxylic acids is 2. The lowest BCUT2D eigenvalue weighted by molar-refractivity contribution is -0.154. The molecule has 0 saturated heterocycles. The minimum absolute atomic E-state index is 0.0410. The van der Waals surface area contributed by atoms with E-state index < -0.39 is 17.5 Å². The molecular formula is C59H119N3O9. The van der Waals surface area contributed by atoms with Crippen LogP contribution in [0.1, 0.15) is 286 Å². The van der Waals surface area contributed by atoms with Gasteiger partial charge in [-0.2, -0.15) is 4.91 Å². The number of nitroso groups, excluding NO2 is 1. The average molecular weight is 1010 g/mol. The van der Waals surface area contributed by atoms with Crippen LogP contribution < -0.4 is 0 Å². The lowest BCUT2D eigenvalue weighted by atomic mass is 9.98. The second-order valence-corrected chi connectivity index (χ2v) is 21.4. The summed E-state index contributed by atoms with van der Waals surface area (Å²) >= 11 is 0. The summed E-state index contributed by atoms with van der Waals surface area (Å²) in [6.07, 6.45) is 39.3. The van der Waals surface area contributed by atoms with Crippen LogP contribution in [0.3, 0.4) is 0 Å². The van der Waals surface area contributed by atoms with Crippen LogP contribution in [-0.2, 0) is 19.1 Å². The minimum atomic E-state index is -1.56.